The van der Waals surface area contributed by atoms with Crippen molar-refractivity contribution in [2.24, 2.45) is 0 Å². The normalized spacial score (nSPS) is 14.4. The third kappa shape index (κ3) is 6.94. The number of carbonyl (C=O) groups excluding carboxylic acids is 3. The number of rotatable bonds is 7. The fraction of sp³-hybridized carbons (Fsp3) is 0.0800. The summed E-state index contributed by atoms with van der Waals surface area (Å²) in [5.74, 6) is -1.23. The maximum atomic E-state index is 13.3. The SMILES string of the molecule is O=C(CN1C(=O)S/C(=C/c2cc(Br)c(OCc3ccc(Cl)cc3Cl)c(Br)c2)C1=O)Nc1cccc(F)c1. The number of nitrogens with zero attached hydrogens (tertiary/aromatic N) is 1. The number of benzene rings is 3. The Kier molecular flexibility index (Phi) is 8.97. The van der Waals surface area contributed by atoms with E-state index in [1.54, 1.807) is 36.4 Å². The summed E-state index contributed by atoms with van der Waals surface area (Å²) >= 11 is 19.8. The van der Waals surface area contributed by atoms with Gasteiger partial charge in [0.05, 0.1) is 13.9 Å². The minimum atomic E-state index is -0.623. The lowest BCUT2D eigenvalue weighted by molar-refractivity contribution is -0.127. The fourth-order valence-electron chi connectivity index (χ4n) is 3.29. The highest BCUT2D eigenvalue weighted by molar-refractivity contribution is 9.11. The molecule has 1 aliphatic rings. The summed E-state index contributed by atoms with van der Waals surface area (Å²) in [6, 6.07) is 13.9. The van der Waals surface area contributed by atoms with E-state index in [0.717, 1.165) is 28.3 Å². The number of thioether (sulfide) groups is 1. The lowest BCUT2D eigenvalue weighted by atomic mass is 10.2. The van der Waals surface area contributed by atoms with E-state index in [1.807, 2.05) is 0 Å². The van der Waals surface area contributed by atoms with Gasteiger partial charge in [-0.2, -0.15) is 0 Å². The van der Waals surface area contributed by atoms with Crippen LogP contribution in [0.5, 0.6) is 5.75 Å². The van der Waals surface area contributed by atoms with E-state index in [0.29, 0.717) is 30.3 Å². The molecule has 1 saturated heterocycles. The highest BCUT2D eigenvalue weighted by Crippen LogP contribution is 2.38. The molecule has 1 aliphatic heterocycles. The first-order valence-electron chi connectivity index (χ1n) is 10.5. The standard InChI is InChI=1S/C25H15Br2Cl2FN2O4S/c26-18-6-13(7-19(27)23(18)36-12-14-4-5-15(28)9-20(14)29)8-21-24(34)32(25(35)37-21)11-22(33)31-17-3-1-2-16(30)10-17/h1-10H,11-12H2,(H,31,33)/b21-8+. The third-order valence-corrected chi connectivity index (χ3v) is 7.66. The van der Waals surface area contributed by atoms with E-state index in [4.69, 9.17) is 27.9 Å². The first-order chi connectivity index (χ1) is 17.6. The number of hydrogen-bond acceptors (Lipinski definition) is 5. The van der Waals surface area contributed by atoms with E-state index >= 15 is 0 Å². The van der Waals surface area contributed by atoms with Crippen LogP contribution >= 0.6 is 66.8 Å². The molecule has 0 aliphatic carbocycles. The molecular weight excluding hydrogens is 674 g/mol. The summed E-state index contributed by atoms with van der Waals surface area (Å²) in [5.41, 5.74) is 1.59. The molecular formula is C25H15Br2Cl2FN2O4S. The third-order valence-electron chi connectivity index (χ3n) is 4.99. The van der Waals surface area contributed by atoms with Crippen LogP contribution in [0, 0.1) is 5.82 Å². The Morgan fingerprint density at radius 3 is 2.49 bits per heavy atom. The molecule has 190 valence electrons. The van der Waals surface area contributed by atoms with Gasteiger partial charge in [-0.1, -0.05) is 35.3 Å². The second-order valence-corrected chi connectivity index (χ2v) is 11.2. The number of hydrogen-bond donors (Lipinski definition) is 1. The van der Waals surface area contributed by atoms with Gasteiger partial charge in [0.1, 0.15) is 24.7 Å². The van der Waals surface area contributed by atoms with Crippen molar-refractivity contribution in [1.82, 2.24) is 4.90 Å². The molecule has 0 unspecified atom stereocenters. The predicted octanol–water partition coefficient (Wildman–Crippen LogP) is 7.91. The molecule has 4 rings (SSSR count). The van der Waals surface area contributed by atoms with Gasteiger partial charge in [0.25, 0.3) is 11.1 Å². The number of nitrogens with one attached hydrogen (secondary N) is 1. The van der Waals surface area contributed by atoms with E-state index < -0.39 is 29.4 Å². The van der Waals surface area contributed by atoms with Gasteiger partial charge >= 0.3 is 0 Å². The highest BCUT2D eigenvalue weighted by atomic mass is 79.9. The van der Waals surface area contributed by atoms with Crippen molar-refractivity contribution in [3.05, 3.63) is 95.4 Å². The number of ether oxygens (including phenoxy) is 1. The molecule has 37 heavy (non-hydrogen) atoms. The number of carbonyl (C=O) groups is 3. The van der Waals surface area contributed by atoms with Crippen LogP contribution in [0.4, 0.5) is 14.9 Å². The minimum Gasteiger partial charge on any atom is -0.486 e. The van der Waals surface area contributed by atoms with Crippen molar-refractivity contribution in [3.63, 3.8) is 0 Å². The van der Waals surface area contributed by atoms with Crippen LogP contribution in [0.25, 0.3) is 6.08 Å². The summed E-state index contributed by atoms with van der Waals surface area (Å²) in [7, 11) is 0. The van der Waals surface area contributed by atoms with Gasteiger partial charge in [-0.15, -0.1) is 0 Å². The maximum absolute atomic E-state index is 13.3. The van der Waals surface area contributed by atoms with Crippen molar-refractivity contribution >= 4 is 95.6 Å². The molecule has 12 heteroatoms. The molecule has 1 fully saturated rings. The van der Waals surface area contributed by atoms with Crippen LogP contribution in [0.3, 0.4) is 0 Å². The molecule has 0 bridgehead atoms. The largest absolute Gasteiger partial charge is 0.486 e. The molecule has 0 saturated carbocycles. The smallest absolute Gasteiger partial charge is 0.294 e. The Labute approximate surface area is 242 Å². The minimum absolute atomic E-state index is 0.156. The summed E-state index contributed by atoms with van der Waals surface area (Å²) in [4.78, 5) is 38.5. The lowest BCUT2D eigenvalue weighted by Crippen LogP contribution is -2.36. The van der Waals surface area contributed by atoms with Crippen molar-refractivity contribution < 1.29 is 23.5 Å². The monoisotopic (exact) mass is 686 g/mol. The number of halogens is 5. The van der Waals surface area contributed by atoms with Crippen molar-refractivity contribution in [2.75, 3.05) is 11.9 Å². The Morgan fingerprint density at radius 1 is 1.08 bits per heavy atom. The zero-order chi connectivity index (χ0) is 26.7. The maximum Gasteiger partial charge on any atom is 0.294 e. The summed E-state index contributed by atoms with van der Waals surface area (Å²) in [6.45, 7) is -0.297. The highest BCUT2D eigenvalue weighted by Gasteiger charge is 2.36. The molecule has 3 aromatic carbocycles. The van der Waals surface area contributed by atoms with Gasteiger partial charge in [0, 0.05) is 21.3 Å². The summed E-state index contributed by atoms with van der Waals surface area (Å²) in [6.07, 6.45) is 1.55. The number of amides is 3. The number of imide groups is 1. The van der Waals surface area contributed by atoms with Gasteiger partial charge in [0.15, 0.2) is 0 Å². The van der Waals surface area contributed by atoms with Gasteiger partial charge in [-0.05, 0) is 97.7 Å². The molecule has 0 spiro atoms. The van der Waals surface area contributed by atoms with Crippen LogP contribution in [-0.4, -0.2) is 28.5 Å². The zero-order valence-electron chi connectivity index (χ0n) is 18.6. The van der Waals surface area contributed by atoms with Crippen molar-refractivity contribution in [1.29, 1.82) is 0 Å². The van der Waals surface area contributed by atoms with Gasteiger partial charge in [-0.25, -0.2) is 4.39 Å². The molecule has 0 radical (unpaired) electrons. The van der Waals surface area contributed by atoms with Crippen LogP contribution in [0.1, 0.15) is 11.1 Å². The summed E-state index contributed by atoms with van der Waals surface area (Å²) < 4.78 is 20.4. The average molecular weight is 689 g/mol. The second-order valence-electron chi connectivity index (χ2n) is 7.66. The van der Waals surface area contributed by atoms with Crippen molar-refractivity contribution in [2.45, 2.75) is 6.61 Å². The Morgan fingerprint density at radius 2 is 1.81 bits per heavy atom. The van der Waals surface area contributed by atoms with Crippen LogP contribution in [-0.2, 0) is 16.2 Å². The Balaban J connectivity index is 1.44. The Hall–Kier alpha value is -2.37. The first-order valence-corrected chi connectivity index (χ1v) is 13.6. The molecule has 0 aromatic heterocycles. The predicted molar refractivity (Wildman–Crippen MR) is 150 cm³/mol. The summed E-state index contributed by atoms with van der Waals surface area (Å²) in [5, 5.41) is 2.90. The fourth-order valence-corrected chi connectivity index (χ4v) is 6.04. The molecule has 6 nitrogen and oxygen atoms in total. The van der Waals surface area contributed by atoms with E-state index in [9.17, 15) is 18.8 Å². The van der Waals surface area contributed by atoms with Crippen LogP contribution < -0.4 is 10.1 Å². The quantitative estimate of drug-likeness (QED) is 0.256. The molecule has 1 N–H and O–H groups in total. The van der Waals surface area contributed by atoms with E-state index in [2.05, 4.69) is 37.2 Å². The lowest BCUT2D eigenvalue weighted by Gasteiger charge is -2.13. The van der Waals surface area contributed by atoms with Crippen LogP contribution in [0.15, 0.2) is 68.4 Å². The van der Waals surface area contributed by atoms with Gasteiger partial charge < -0.3 is 10.1 Å². The van der Waals surface area contributed by atoms with Crippen molar-refractivity contribution in [3.8, 4) is 5.75 Å². The molecule has 3 aromatic rings. The van der Waals surface area contributed by atoms with Gasteiger partial charge in [-0.3, -0.25) is 19.3 Å². The molecule has 3 amide bonds. The first kappa shape index (κ1) is 27.7. The zero-order valence-corrected chi connectivity index (χ0v) is 24.1. The van der Waals surface area contributed by atoms with Crippen LogP contribution in [0.2, 0.25) is 10.0 Å². The molecule has 1 heterocycles. The topological polar surface area (TPSA) is 75.7 Å². The Bertz CT molecular complexity index is 1430. The van der Waals surface area contributed by atoms with E-state index in [1.165, 1.54) is 18.2 Å². The number of anilines is 1. The average Bonchev–Trinajstić information content (AvgIpc) is 3.07. The van der Waals surface area contributed by atoms with E-state index in [-0.39, 0.29) is 17.2 Å². The second kappa shape index (κ2) is 12.0. The molecule has 0 atom stereocenters. The van der Waals surface area contributed by atoms with Gasteiger partial charge in [0.2, 0.25) is 5.91 Å².